The van der Waals surface area contributed by atoms with Gasteiger partial charge in [-0.05, 0) is 44.9 Å². The summed E-state index contributed by atoms with van der Waals surface area (Å²) in [4.78, 5) is 55.1. The Morgan fingerprint density at radius 3 is 2.32 bits per heavy atom. The van der Waals surface area contributed by atoms with Crippen molar-refractivity contribution in [3.05, 3.63) is 0 Å². The number of hydrogen-bond donors (Lipinski definition) is 7. The maximum absolute atomic E-state index is 12.9. The summed E-state index contributed by atoms with van der Waals surface area (Å²) in [5.41, 5.74) is 16.5. The third-order valence-corrected chi connectivity index (χ3v) is 5.50. The maximum atomic E-state index is 12.9. The molecule has 5 unspecified atom stereocenters. The van der Waals surface area contributed by atoms with Crippen molar-refractivity contribution in [2.24, 2.45) is 28.1 Å². The fraction of sp³-hybridized carbons (Fsp3) is 0.762. The topological polar surface area (TPSA) is 226 Å². The minimum absolute atomic E-state index is 0.0387. The number of nitrogens with zero attached hydrogens (tertiary/aromatic N) is 2. The quantitative estimate of drug-likeness (QED) is 0.0854. The summed E-state index contributed by atoms with van der Waals surface area (Å²) in [7, 11) is 0. The van der Waals surface area contributed by atoms with E-state index in [1.165, 1.54) is 11.8 Å². The molecule has 1 heterocycles. The number of likely N-dealkylation sites (tertiary alicyclic amines) is 1. The average Bonchev–Trinajstić information content (AvgIpc) is 3.22. The van der Waals surface area contributed by atoms with Gasteiger partial charge in [-0.15, -0.1) is 0 Å². The van der Waals surface area contributed by atoms with Gasteiger partial charge in [0.1, 0.15) is 18.1 Å². The first-order valence-corrected chi connectivity index (χ1v) is 11.5. The van der Waals surface area contributed by atoms with Gasteiger partial charge >= 0.3 is 5.97 Å². The molecular formula is C21H39N7O6. The number of aliphatic carboxylic acids is 1. The first kappa shape index (κ1) is 29.1. The number of carbonyl (C=O) groups excluding carboxylic acids is 3. The number of nitrogens with two attached hydrogens (primary N) is 3. The van der Waals surface area contributed by atoms with Crippen LogP contribution in [0.4, 0.5) is 0 Å². The molecule has 0 saturated carbocycles. The molecule has 0 aromatic heterocycles. The fourth-order valence-corrected chi connectivity index (χ4v) is 3.80. The Bertz CT molecular complexity index is 754. The lowest BCUT2D eigenvalue weighted by molar-refractivity contribution is -0.144. The fourth-order valence-electron chi connectivity index (χ4n) is 3.80. The van der Waals surface area contributed by atoms with Gasteiger partial charge in [0.2, 0.25) is 17.7 Å². The highest BCUT2D eigenvalue weighted by atomic mass is 16.4. The lowest BCUT2D eigenvalue weighted by Crippen LogP contribution is -2.59. The number of aliphatic hydroxyl groups excluding tert-OH is 1. The standard InChI is InChI=1S/C21H39N7O6/c1-11(2)10-13(22)19(32)28-9-5-7-15(28)17(30)27-16(12(3)29)18(31)26-14(20(33)34)6-4-8-25-21(23)24/h11-16,29H,4-10,22H2,1-3H3,(H,26,31)(H,27,30)(H,33,34)(H4,23,24,25). The van der Waals surface area contributed by atoms with E-state index in [-0.39, 0.29) is 37.2 Å². The van der Waals surface area contributed by atoms with Crippen LogP contribution >= 0.6 is 0 Å². The van der Waals surface area contributed by atoms with Crippen LogP contribution in [-0.2, 0) is 19.2 Å². The summed E-state index contributed by atoms with van der Waals surface area (Å²) in [6.07, 6.45) is 0.479. The molecule has 1 aliphatic rings. The summed E-state index contributed by atoms with van der Waals surface area (Å²) >= 11 is 0. The molecule has 0 bridgehead atoms. The average molecular weight is 486 g/mol. The Morgan fingerprint density at radius 1 is 1.15 bits per heavy atom. The number of aliphatic hydroxyl groups is 1. The zero-order valence-corrected chi connectivity index (χ0v) is 20.1. The largest absolute Gasteiger partial charge is 0.480 e. The van der Waals surface area contributed by atoms with Crippen molar-refractivity contribution in [2.75, 3.05) is 13.1 Å². The van der Waals surface area contributed by atoms with Gasteiger partial charge in [0.15, 0.2) is 5.96 Å². The van der Waals surface area contributed by atoms with Gasteiger partial charge in [0.25, 0.3) is 0 Å². The summed E-state index contributed by atoms with van der Waals surface area (Å²) in [6.45, 7) is 5.74. The minimum atomic E-state index is -1.41. The van der Waals surface area contributed by atoms with Crippen LogP contribution in [0.2, 0.25) is 0 Å². The van der Waals surface area contributed by atoms with Gasteiger partial charge in [-0.2, -0.15) is 0 Å². The highest BCUT2D eigenvalue weighted by molar-refractivity contribution is 5.94. The Labute approximate surface area is 199 Å². The lowest BCUT2D eigenvalue weighted by atomic mass is 10.0. The van der Waals surface area contributed by atoms with Crippen molar-refractivity contribution in [2.45, 2.75) is 83.1 Å². The number of amides is 3. The van der Waals surface area contributed by atoms with Crippen LogP contribution in [-0.4, -0.2) is 88.1 Å². The molecule has 13 nitrogen and oxygen atoms in total. The third-order valence-electron chi connectivity index (χ3n) is 5.50. The number of rotatable bonds is 13. The SMILES string of the molecule is CC(C)CC(N)C(=O)N1CCCC1C(=O)NC(C(=O)NC(CCCN=C(N)N)C(=O)O)C(C)O. The summed E-state index contributed by atoms with van der Waals surface area (Å²) in [6, 6.07) is -4.23. The second kappa shape index (κ2) is 13.7. The second-order valence-electron chi connectivity index (χ2n) is 9.00. The van der Waals surface area contributed by atoms with E-state index in [0.717, 1.165) is 0 Å². The van der Waals surface area contributed by atoms with Gasteiger partial charge in [-0.1, -0.05) is 13.8 Å². The number of carboxylic acids is 1. The minimum Gasteiger partial charge on any atom is -0.480 e. The summed E-state index contributed by atoms with van der Waals surface area (Å²) in [5.74, 6) is -3.00. The normalized spacial score (nSPS) is 19.1. The molecule has 1 rings (SSSR count). The molecule has 0 aromatic carbocycles. The van der Waals surface area contributed by atoms with Crippen LogP contribution in [0.15, 0.2) is 4.99 Å². The Balaban J connectivity index is 2.82. The van der Waals surface area contributed by atoms with Crippen LogP contribution in [0.25, 0.3) is 0 Å². The van der Waals surface area contributed by atoms with Crippen molar-refractivity contribution < 1.29 is 29.4 Å². The van der Waals surface area contributed by atoms with Gasteiger partial charge in [0, 0.05) is 13.1 Å². The molecule has 0 spiro atoms. The molecule has 3 amide bonds. The van der Waals surface area contributed by atoms with E-state index < -0.39 is 48.1 Å². The molecule has 1 aliphatic heterocycles. The van der Waals surface area contributed by atoms with E-state index >= 15 is 0 Å². The lowest BCUT2D eigenvalue weighted by Gasteiger charge is -2.29. The highest BCUT2D eigenvalue weighted by Gasteiger charge is 2.38. The van der Waals surface area contributed by atoms with E-state index in [4.69, 9.17) is 17.2 Å². The second-order valence-corrected chi connectivity index (χ2v) is 9.00. The van der Waals surface area contributed by atoms with Crippen molar-refractivity contribution in [1.82, 2.24) is 15.5 Å². The van der Waals surface area contributed by atoms with Crippen LogP contribution in [0, 0.1) is 5.92 Å². The molecule has 10 N–H and O–H groups in total. The van der Waals surface area contributed by atoms with E-state index in [0.29, 0.717) is 25.8 Å². The molecule has 194 valence electrons. The predicted octanol–water partition coefficient (Wildman–Crippen LogP) is -2.16. The van der Waals surface area contributed by atoms with Crippen molar-refractivity contribution in [3.8, 4) is 0 Å². The van der Waals surface area contributed by atoms with Crippen molar-refractivity contribution in [3.63, 3.8) is 0 Å². The molecule has 0 aromatic rings. The number of hydrogen-bond acceptors (Lipinski definition) is 7. The summed E-state index contributed by atoms with van der Waals surface area (Å²) in [5, 5.41) is 24.3. The van der Waals surface area contributed by atoms with Crippen LogP contribution in [0.1, 0.15) is 52.9 Å². The Kier molecular flexibility index (Phi) is 11.7. The van der Waals surface area contributed by atoms with Gasteiger partial charge in [0.05, 0.1) is 12.1 Å². The molecule has 5 atom stereocenters. The molecule has 1 saturated heterocycles. The first-order chi connectivity index (χ1) is 15.8. The van der Waals surface area contributed by atoms with Crippen LogP contribution in [0.5, 0.6) is 0 Å². The molecule has 34 heavy (non-hydrogen) atoms. The van der Waals surface area contributed by atoms with Crippen LogP contribution < -0.4 is 27.8 Å². The molecule has 0 radical (unpaired) electrons. The molecule has 13 heteroatoms. The zero-order chi connectivity index (χ0) is 26.0. The van der Waals surface area contributed by atoms with E-state index in [9.17, 15) is 29.4 Å². The van der Waals surface area contributed by atoms with Crippen molar-refractivity contribution in [1.29, 1.82) is 0 Å². The molecular weight excluding hydrogens is 446 g/mol. The van der Waals surface area contributed by atoms with Crippen molar-refractivity contribution >= 4 is 29.7 Å². The van der Waals surface area contributed by atoms with Gasteiger partial charge in [-0.25, -0.2) is 4.79 Å². The van der Waals surface area contributed by atoms with Crippen LogP contribution in [0.3, 0.4) is 0 Å². The zero-order valence-electron chi connectivity index (χ0n) is 20.1. The monoisotopic (exact) mass is 485 g/mol. The maximum Gasteiger partial charge on any atom is 0.326 e. The number of aliphatic imine (C=N–C) groups is 1. The van der Waals surface area contributed by atoms with E-state index in [2.05, 4.69) is 15.6 Å². The Morgan fingerprint density at radius 2 is 1.79 bits per heavy atom. The van der Waals surface area contributed by atoms with Gasteiger partial charge < -0.3 is 42.9 Å². The smallest absolute Gasteiger partial charge is 0.326 e. The van der Waals surface area contributed by atoms with E-state index in [1.807, 2.05) is 13.8 Å². The van der Waals surface area contributed by atoms with E-state index in [1.54, 1.807) is 0 Å². The predicted molar refractivity (Wildman–Crippen MR) is 125 cm³/mol. The first-order valence-electron chi connectivity index (χ1n) is 11.5. The summed E-state index contributed by atoms with van der Waals surface area (Å²) < 4.78 is 0. The van der Waals surface area contributed by atoms with Gasteiger partial charge in [-0.3, -0.25) is 19.4 Å². The number of guanidine groups is 1. The Hall–Kier alpha value is -2.93. The number of carboxylic acid groups (broad SMARTS) is 1. The highest BCUT2D eigenvalue weighted by Crippen LogP contribution is 2.20. The third kappa shape index (κ3) is 9.14. The molecule has 1 fully saturated rings. The number of nitrogens with one attached hydrogen (secondary N) is 2. The number of carbonyl (C=O) groups is 4. The molecule has 0 aliphatic carbocycles.